The van der Waals surface area contributed by atoms with Crippen molar-refractivity contribution in [2.24, 2.45) is 0 Å². The lowest BCUT2D eigenvalue weighted by atomic mass is 9.85. The van der Waals surface area contributed by atoms with Crippen molar-refractivity contribution in [3.63, 3.8) is 0 Å². The molecule has 3 rings (SSSR count). The molecule has 0 unspecified atom stereocenters. The molecule has 0 bridgehead atoms. The maximum Gasteiger partial charge on any atom is 0.234 e. The number of benzene rings is 2. The molecule has 0 radical (unpaired) electrons. The minimum atomic E-state index is -0.324. The first-order chi connectivity index (χ1) is 13.9. The van der Waals surface area contributed by atoms with Crippen LogP contribution in [0.15, 0.2) is 53.1 Å². The van der Waals surface area contributed by atoms with E-state index in [1.807, 2.05) is 31.2 Å². The summed E-state index contributed by atoms with van der Waals surface area (Å²) < 4.78 is 0. The first-order valence-electron chi connectivity index (χ1n) is 8.76. The second-order valence-corrected chi connectivity index (χ2v) is 8.28. The molecule has 1 aliphatic rings. The fourth-order valence-corrected chi connectivity index (χ4v) is 4.26. The van der Waals surface area contributed by atoms with Gasteiger partial charge in [-0.05, 0) is 36.2 Å². The third-order valence-electron chi connectivity index (χ3n) is 4.47. The lowest BCUT2D eigenvalue weighted by Gasteiger charge is -2.26. The normalized spacial score (nSPS) is 16.2. The Labute approximate surface area is 183 Å². The average molecular weight is 446 g/mol. The van der Waals surface area contributed by atoms with Gasteiger partial charge in [-0.1, -0.05) is 59.2 Å². The standard InChI is InChI=1S/C21H17Cl2N3O2S/c1-12-4-2-3-5-14(12)15-9-19(27)26-21(16(15)10-24)29-11-20(28)25-13-6-7-17(22)18(23)8-13/h2-8,15H,9,11H2,1H3,(H,25,28)(H,26,27)/t15-/m0/s1. The van der Waals surface area contributed by atoms with Gasteiger partial charge in [0.1, 0.15) is 0 Å². The average Bonchev–Trinajstić information content (AvgIpc) is 2.69. The van der Waals surface area contributed by atoms with Crippen molar-refractivity contribution in [2.75, 3.05) is 11.1 Å². The topological polar surface area (TPSA) is 82.0 Å². The van der Waals surface area contributed by atoms with E-state index in [2.05, 4.69) is 16.7 Å². The van der Waals surface area contributed by atoms with Gasteiger partial charge < -0.3 is 10.6 Å². The van der Waals surface area contributed by atoms with Crippen LogP contribution in [0.2, 0.25) is 10.0 Å². The van der Waals surface area contributed by atoms with E-state index in [0.717, 1.165) is 22.9 Å². The van der Waals surface area contributed by atoms with Gasteiger partial charge in [-0.2, -0.15) is 5.26 Å². The molecule has 29 heavy (non-hydrogen) atoms. The second kappa shape index (κ2) is 9.36. The Balaban J connectivity index is 1.76. The molecule has 0 saturated carbocycles. The van der Waals surface area contributed by atoms with Crippen molar-refractivity contribution in [3.05, 3.63) is 74.2 Å². The molecule has 2 aromatic rings. The zero-order chi connectivity index (χ0) is 21.0. The Kier molecular flexibility index (Phi) is 6.86. The van der Waals surface area contributed by atoms with E-state index in [-0.39, 0.29) is 29.9 Å². The number of nitrogens with zero attached hydrogens (tertiary/aromatic N) is 1. The highest BCUT2D eigenvalue weighted by atomic mass is 35.5. The van der Waals surface area contributed by atoms with Gasteiger partial charge in [0.2, 0.25) is 11.8 Å². The van der Waals surface area contributed by atoms with Crippen molar-refractivity contribution >= 4 is 52.5 Å². The first kappa shape index (κ1) is 21.3. The van der Waals surface area contributed by atoms with Crippen LogP contribution in [0.5, 0.6) is 0 Å². The molecule has 1 atom stereocenters. The van der Waals surface area contributed by atoms with Gasteiger partial charge in [0.05, 0.1) is 32.5 Å². The highest BCUT2D eigenvalue weighted by molar-refractivity contribution is 8.03. The third kappa shape index (κ3) is 5.13. The maximum atomic E-state index is 12.3. The summed E-state index contributed by atoms with van der Waals surface area (Å²) in [6.07, 6.45) is 0.202. The predicted molar refractivity (Wildman–Crippen MR) is 117 cm³/mol. The van der Waals surface area contributed by atoms with E-state index < -0.39 is 0 Å². The van der Waals surface area contributed by atoms with Crippen molar-refractivity contribution in [2.45, 2.75) is 19.3 Å². The lowest BCUT2D eigenvalue weighted by Crippen LogP contribution is -2.31. The molecule has 5 nitrogen and oxygen atoms in total. The number of thioether (sulfide) groups is 1. The molecule has 0 aromatic heterocycles. The summed E-state index contributed by atoms with van der Waals surface area (Å²) in [7, 11) is 0. The molecule has 1 aliphatic heterocycles. The predicted octanol–water partition coefficient (Wildman–Crippen LogP) is 5.01. The summed E-state index contributed by atoms with van der Waals surface area (Å²) >= 11 is 13.0. The molecule has 0 saturated heterocycles. The van der Waals surface area contributed by atoms with Crippen LogP contribution in [0.1, 0.15) is 23.5 Å². The highest BCUT2D eigenvalue weighted by Gasteiger charge is 2.30. The number of carbonyl (C=O) groups excluding carboxylic acids is 2. The van der Waals surface area contributed by atoms with Crippen LogP contribution in [-0.2, 0) is 9.59 Å². The summed E-state index contributed by atoms with van der Waals surface area (Å²) in [5.74, 6) is -0.757. The number of hydrogen-bond donors (Lipinski definition) is 2. The molecular weight excluding hydrogens is 429 g/mol. The molecule has 1 heterocycles. The van der Waals surface area contributed by atoms with E-state index in [4.69, 9.17) is 23.2 Å². The van der Waals surface area contributed by atoms with Crippen LogP contribution >= 0.6 is 35.0 Å². The van der Waals surface area contributed by atoms with Gasteiger partial charge >= 0.3 is 0 Å². The molecule has 2 N–H and O–H groups in total. The van der Waals surface area contributed by atoms with Crippen LogP contribution in [0.4, 0.5) is 5.69 Å². The molecule has 0 fully saturated rings. The smallest absolute Gasteiger partial charge is 0.234 e. The largest absolute Gasteiger partial charge is 0.325 e. The Bertz CT molecular complexity index is 1050. The minimum absolute atomic E-state index is 0.0293. The number of anilines is 1. The van der Waals surface area contributed by atoms with Crippen LogP contribution in [-0.4, -0.2) is 17.6 Å². The first-order valence-corrected chi connectivity index (χ1v) is 10.5. The highest BCUT2D eigenvalue weighted by Crippen LogP contribution is 2.37. The number of aryl methyl sites for hydroxylation is 1. The molecule has 0 aliphatic carbocycles. The fourth-order valence-electron chi connectivity index (χ4n) is 3.09. The molecule has 2 aromatic carbocycles. The van der Waals surface area contributed by atoms with Crippen molar-refractivity contribution < 1.29 is 9.59 Å². The van der Waals surface area contributed by atoms with Crippen LogP contribution in [0.3, 0.4) is 0 Å². The number of halogens is 2. The zero-order valence-corrected chi connectivity index (χ0v) is 17.8. The summed E-state index contributed by atoms with van der Waals surface area (Å²) in [4.78, 5) is 24.5. The van der Waals surface area contributed by atoms with Crippen molar-refractivity contribution in [3.8, 4) is 6.07 Å². The van der Waals surface area contributed by atoms with Crippen molar-refractivity contribution in [1.82, 2.24) is 5.32 Å². The summed E-state index contributed by atoms with van der Waals surface area (Å²) in [5, 5.41) is 16.3. The molecule has 148 valence electrons. The van der Waals surface area contributed by atoms with E-state index >= 15 is 0 Å². The van der Waals surface area contributed by atoms with E-state index in [1.54, 1.807) is 18.2 Å². The zero-order valence-electron chi connectivity index (χ0n) is 15.5. The Morgan fingerprint density at radius 3 is 2.72 bits per heavy atom. The number of amides is 2. The molecular formula is C21H17Cl2N3O2S. The number of nitriles is 1. The van der Waals surface area contributed by atoms with E-state index in [9.17, 15) is 14.9 Å². The Morgan fingerprint density at radius 1 is 1.28 bits per heavy atom. The lowest BCUT2D eigenvalue weighted by molar-refractivity contribution is -0.121. The van der Waals surface area contributed by atoms with Crippen LogP contribution in [0.25, 0.3) is 0 Å². The second-order valence-electron chi connectivity index (χ2n) is 6.48. The number of allylic oxidation sites excluding steroid dienone is 1. The van der Waals surface area contributed by atoms with Gasteiger partial charge in [-0.15, -0.1) is 0 Å². The quantitative estimate of drug-likeness (QED) is 0.677. The van der Waals surface area contributed by atoms with Crippen LogP contribution in [0, 0.1) is 18.3 Å². The minimum Gasteiger partial charge on any atom is -0.325 e. The van der Waals surface area contributed by atoms with Gasteiger partial charge in [0, 0.05) is 18.0 Å². The summed E-state index contributed by atoms with van der Waals surface area (Å²) in [6, 6.07) is 14.7. The van der Waals surface area contributed by atoms with E-state index in [0.29, 0.717) is 26.3 Å². The molecule has 2 amide bonds. The fraction of sp³-hybridized carbons (Fsp3) is 0.190. The Hall–Kier alpha value is -2.46. The van der Waals surface area contributed by atoms with E-state index in [1.165, 1.54) is 0 Å². The van der Waals surface area contributed by atoms with Crippen molar-refractivity contribution in [1.29, 1.82) is 5.26 Å². The molecule has 0 spiro atoms. The number of nitrogens with one attached hydrogen (secondary N) is 2. The molecule has 8 heteroatoms. The van der Waals surface area contributed by atoms with Gasteiger partial charge in [0.25, 0.3) is 0 Å². The third-order valence-corrected chi connectivity index (χ3v) is 6.23. The SMILES string of the molecule is Cc1ccccc1[C@@H]1CC(=O)NC(SCC(=O)Nc2ccc(Cl)c(Cl)c2)=C1C#N. The number of carbonyl (C=O) groups is 2. The summed E-state index contributed by atoms with van der Waals surface area (Å²) in [6.45, 7) is 1.95. The number of hydrogen-bond acceptors (Lipinski definition) is 4. The monoisotopic (exact) mass is 445 g/mol. The van der Waals surface area contributed by atoms with Crippen LogP contribution < -0.4 is 10.6 Å². The Morgan fingerprint density at radius 2 is 2.03 bits per heavy atom. The van der Waals surface area contributed by atoms with Gasteiger partial charge in [-0.3, -0.25) is 9.59 Å². The maximum absolute atomic E-state index is 12.3. The summed E-state index contributed by atoms with van der Waals surface area (Å²) in [5.41, 5.74) is 2.94. The van der Waals surface area contributed by atoms with Gasteiger partial charge in [-0.25, -0.2) is 0 Å². The number of rotatable bonds is 5. The van der Waals surface area contributed by atoms with Gasteiger partial charge in [0.15, 0.2) is 0 Å².